The van der Waals surface area contributed by atoms with E-state index in [0.717, 1.165) is 0 Å². The maximum Gasteiger partial charge on any atom is 0.325 e. The van der Waals surface area contributed by atoms with E-state index in [0.29, 0.717) is 11.4 Å². The summed E-state index contributed by atoms with van der Waals surface area (Å²) >= 11 is 0. The van der Waals surface area contributed by atoms with Crippen LogP contribution in [0.3, 0.4) is 0 Å². The number of carbonyl (C=O) groups is 3. The zero-order valence-corrected chi connectivity index (χ0v) is 12.6. The number of methoxy groups -OCH3 is 1. The van der Waals surface area contributed by atoms with Crippen LogP contribution in [0.5, 0.6) is 5.75 Å². The van der Waals surface area contributed by atoms with Gasteiger partial charge in [-0.15, -0.1) is 0 Å². The van der Waals surface area contributed by atoms with Gasteiger partial charge in [0.2, 0.25) is 5.91 Å². The molecule has 0 aromatic heterocycles. The van der Waals surface area contributed by atoms with Crippen LogP contribution in [0.2, 0.25) is 0 Å². The van der Waals surface area contributed by atoms with Gasteiger partial charge in [-0.2, -0.15) is 0 Å². The molecule has 0 saturated carbocycles. The van der Waals surface area contributed by atoms with Crippen molar-refractivity contribution in [3.05, 3.63) is 24.3 Å². The normalized spacial score (nSPS) is 11.6. The van der Waals surface area contributed by atoms with Crippen molar-refractivity contribution < 1.29 is 24.2 Å². The van der Waals surface area contributed by atoms with Crippen molar-refractivity contribution in [1.29, 1.82) is 0 Å². The quantitative estimate of drug-likeness (QED) is 0.715. The lowest BCUT2D eigenvalue weighted by atomic mass is 10.3. The van der Waals surface area contributed by atoms with Gasteiger partial charge in [-0.05, 0) is 38.2 Å². The molecule has 8 heteroatoms. The highest BCUT2D eigenvalue weighted by Crippen LogP contribution is 2.14. The van der Waals surface area contributed by atoms with Crippen LogP contribution in [0, 0.1) is 0 Å². The van der Waals surface area contributed by atoms with E-state index in [1.807, 2.05) is 0 Å². The largest absolute Gasteiger partial charge is 0.497 e. The molecule has 0 radical (unpaired) electrons. The van der Waals surface area contributed by atoms with Gasteiger partial charge in [-0.1, -0.05) is 0 Å². The Labute approximate surface area is 128 Å². The first-order valence-electron chi connectivity index (χ1n) is 6.51. The Morgan fingerprint density at radius 2 is 1.86 bits per heavy atom. The van der Waals surface area contributed by atoms with E-state index in [1.165, 1.54) is 26.0 Å². The van der Waals surface area contributed by atoms with Crippen LogP contribution < -0.4 is 15.4 Å². The number of hydrogen-bond acceptors (Lipinski definition) is 5. The molecule has 22 heavy (non-hydrogen) atoms. The molecule has 120 valence electrons. The molecule has 0 fully saturated rings. The molecule has 1 rings (SSSR count). The molecular weight excluding hydrogens is 290 g/mol. The molecule has 0 saturated heterocycles. The third-order valence-electron chi connectivity index (χ3n) is 3.01. The second-order valence-corrected chi connectivity index (χ2v) is 4.66. The van der Waals surface area contributed by atoms with Gasteiger partial charge in [0, 0.05) is 5.69 Å². The monoisotopic (exact) mass is 309 g/mol. The standard InChI is InChI=1S/C14H19N3O5/c1-9(13(19)20)17(2)8-12(18)16-14(21)15-10-4-6-11(22-3)7-5-10/h4-7,9H,8H2,1-3H3,(H,19,20)(H2,15,16,18,21). The molecular formula is C14H19N3O5. The predicted octanol–water partition coefficient (Wildman–Crippen LogP) is 0.748. The van der Waals surface area contributed by atoms with Crippen LogP contribution in [0.1, 0.15) is 6.92 Å². The van der Waals surface area contributed by atoms with E-state index in [-0.39, 0.29) is 6.54 Å². The highest BCUT2D eigenvalue weighted by Gasteiger charge is 2.19. The maximum atomic E-state index is 11.7. The Hall–Kier alpha value is -2.61. The number of carbonyl (C=O) groups excluding carboxylic acids is 2. The predicted molar refractivity (Wildman–Crippen MR) is 79.9 cm³/mol. The number of aliphatic carboxylic acids is 1. The van der Waals surface area contributed by atoms with Gasteiger partial charge in [0.05, 0.1) is 13.7 Å². The van der Waals surface area contributed by atoms with Crippen molar-refractivity contribution in [2.24, 2.45) is 0 Å². The highest BCUT2D eigenvalue weighted by atomic mass is 16.5. The van der Waals surface area contributed by atoms with Gasteiger partial charge in [0.15, 0.2) is 0 Å². The summed E-state index contributed by atoms with van der Waals surface area (Å²) in [6.07, 6.45) is 0. The lowest BCUT2D eigenvalue weighted by Crippen LogP contribution is -2.45. The minimum absolute atomic E-state index is 0.205. The Morgan fingerprint density at radius 3 is 2.36 bits per heavy atom. The zero-order chi connectivity index (χ0) is 16.7. The van der Waals surface area contributed by atoms with Crippen molar-refractivity contribution in [3.63, 3.8) is 0 Å². The fourth-order valence-corrected chi connectivity index (χ4v) is 1.55. The van der Waals surface area contributed by atoms with E-state index < -0.39 is 23.9 Å². The SMILES string of the molecule is COc1ccc(NC(=O)NC(=O)CN(C)C(C)C(=O)O)cc1. The van der Waals surface area contributed by atoms with Crippen LogP contribution in [0.15, 0.2) is 24.3 Å². The lowest BCUT2D eigenvalue weighted by Gasteiger charge is -2.20. The molecule has 3 amide bonds. The fourth-order valence-electron chi connectivity index (χ4n) is 1.55. The summed E-state index contributed by atoms with van der Waals surface area (Å²) in [4.78, 5) is 35.4. The maximum absolute atomic E-state index is 11.7. The van der Waals surface area contributed by atoms with Gasteiger partial charge in [-0.25, -0.2) is 4.79 Å². The van der Waals surface area contributed by atoms with E-state index in [1.54, 1.807) is 24.3 Å². The first kappa shape index (κ1) is 17.4. The average Bonchev–Trinajstić information content (AvgIpc) is 2.46. The Morgan fingerprint density at radius 1 is 1.27 bits per heavy atom. The number of hydrogen-bond donors (Lipinski definition) is 3. The molecule has 0 aliphatic carbocycles. The van der Waals surface area contributed by atoms with Gasteiger partial charge >= 0.3 is 12.0 Å². The van der Waals surface area contributed by atoms with E-state index in [2.05, 4.69) is 10.6 Å². The minimum Gasteiger partial charge on any atom is -0.497 e. The number of carboxylic acid groups (broad SMARTS) is 1. The molecule has 3 N–H and O–H groups in total. The fraction of sp³-hybridized carbons (Fsp3) is 0.357. The number of urea groups is 1. The smallest absolute Gasteiger partial charge is 0.325 e. The van der Waals surface area contributed by atoms with Crippen LogP contribution >= 0.6 is 0 Å². The number of nitrogens with zero attached hydrogens (tertiary/aromatic N) is 1. The molecule has 0 heterocycles. The first-order valence-corrected chi connectivity index (χ1v) is 6.51. The highest BCUT2D eigenvalue weighted by molar-refractivity contribution is 6.01. The molecule has 8 nitrogen and oxygen atoms in total. The van der Waals surface area contributed by atoms with Gasteiger partial charge in [0.25, 0.3) is 0 Å². The molecule has 0 aliphatic rings. The number of likely N-dealkylation sites (N-methyl/N-ethyl adjacent to an activating group) is 1. The van der Waals surface area contributed by atoms with E-state index >= 15 is 0 Å². The summed E-state index contributed by atoms with van der Waals surface area (Å²) in [6.45, 7) is 1.25. The second kappa shape index (κ2) is 7.99. The summed E-state index contributed by atoms with van der Waals surface area (Å²) in [5.41, 5.74) is 0.498. The molecule has 1 unspecified atom stereocenters. The van der Waals surface area contributed by atoms with E-state index in [4.69, 9.17) is 9.84 Å². The summed E-state index contributed by atoms with van der Waals surface area (Å²) in [7, 11) is 3.02. The number of anilines is 1. The average molecular weight is 309 g/mol. The molecule has 0 bridgehead atoms. The van der Waals surface area contributed by atoms with Crippen LogP contribution in [0.25, 0.3) is 0 Å². The van der Waals surface area contributed by atoms with Gasteiger partial charge in [0.1, 0.15) is 11.8 Å². The Bertz CT molecular complexity index is 544. The lowest BCUT2D eigenvalue weighted by molar-refractivity contribution is -0.142. The minimum atomic E-state index is -1.04. The number of amides is 3. The van der Waals surface area contributed by atoms with Crippen molar-refractivity contribution in [2.75, 3.05) is 26.0 Å². The number of ether oxygens (including phenoxy) is 1. The third-order valence-corrected chi connectivity index (χ3v) is 3.01. The van der Waals surface area contributed by atoms with Crippen molar-refractivity contribution in [2.45, 2.75) is 13.0 Å². The van der Waals surface area contributed by atoms with E-state index in [9.17, 15) is 14.4 Å². The Kier molecular flexibility index (Phi) is 6.33. The van der Waals surface area contributed by atoms with Gasteiger partial charge in [-0.3, -0.25) is 19.8 Å². The molecule has 0 spiro atoms. The molecule has 1 aromatic rings. The number of benzene rings is 1. The first-order chi connectivity index (χ1) is 10.3. The summed E-state index contributed by atoms with van der Waals surface area (Å²) in [6, 6.07) is 5.07. The van der Waals surface area contributed by atoms with Crippen molar-refractivity contribution in [3.8, 4) is 5.75 Å². The van der Waals surface area contributed by atoms with Crippen molar-refractivity contribution in [1.82, 2.24) is 10.2 Å². The van der Waals surface area contributed by atoms with Crippen LogP contribution in [0.4, 0.5) is 10.5 Å². The number of nitrogens with one attached hydrogen (secondary N) is 2. The topological polar surface area (TPSA) is 108 Å². The number of carboxylic acids is 1. The Balaban J connectivity index is 2.46. The summed E-state index contributed by atoms with van der Waals surface area (Å²) < 4.78 is 4.99. The summed E-state index contributed by atoms with van der Waals surface area (Å²) in [5, 5.41) is 13.4. The number of rotatable bonds is 6. The van der Waals surface area contributed by atoms with Crippen LogP contribution in [-0.4, -0.2) is 54.7 Å². The second-order valence-electron chi connectivity index (χ2n) is 4.66. The molecule has 1 atom stereocenters. The summed E-state index contributed by atoms with van der Waals surface area (Å²) in [5.74, 6) is -0.995. The van der Waals surface area contributed by atoms with Gasteiger partial charge < -0.3 is 15.2 Å². The number of imide groups is 1. The van der Waals surface area contributed by atoms with Crippen LogP contribution in [-0.2, 0) is 9.59 Å². The van der Waals surface area contributed by atoms with Crippen molar-refractivity contribution >= 4 is 23.6 Å². The third kappa shape index (κ3) is 5.41. The zero-order valence-electron chi connectivity index (χ0n) is 12.6. The molecule has 1 aromatic carbocycles. The molecule has 0 aliphatic heterocycles.